The summed E-state index contributed by atoms with van der Waals surface area (Å²) < 4.78 is 11.8. The zero-order chi connectivity index (χ0) is 20.8. The highest BCUT2D eigenvalue weighted by molar-refractivity contribution is 6.00. The third-order valence-electron chi connectivity index (χ3n) is 4.55. The number of rotatable bonds is 8. The fraction of sp³-hybridized carbons (Fsp3) is 0.286. The topological polar surface area (TPSA) is 98.2 Å². The zero-order valence-electron chi connectivity index (χ0n) is 16.7. The van der Waals surface area contributed by atoms with Crippen molar-refractivity contribution >= 4 is 11.9 Å². The molecule has 1 amide bonds. The lowest BCUT2D eigenvalue weighted by Gasteiger charge is -2.07. The Hall–Kier alpha value is -3.39. The second-order valence-electron chi connectivity index (χ2n) is 6.55. The number of hydrogen-bond donors (Lipinski definition) is 2. The van der Waals surface area contributed by atoms with E-state index in [1.165, 1.54) is 7.11 Å². The van der Waals surface area contributed by atoms with Crippen molar-refractivity contribution in [2.75, 3.05) is 20.3 Å². The molecule has 0 fully saturated rings. The van der Waals surface area contributed by atoms with Crippen LogP contribution in [-0.4, -0.2) is 47.0 Å². The number of H-pyrrole nitrogens is 1. The number of ether oxygens (including phenoxy) is 2. The van der Waals surface area contributed by atoms with E-state index in [2.05, 4.69) is 15.4 Å². The van der Waals surface area contributed by atoms with E-state index in [4.69, 9.17) is 9.47 Å². The summed E-state index contributed by atoms with van der Waals surface area (Å²) in [6, 6.07) is 9.60. The molecule has 8 heteroatoms. The Morgan fingerprint density at radius 2 is 1.93 bits per heavy atom. The van der Waals surface area contributed by atoms with Crippen molar-refractivity contribution in [1.82, 2.24) is 20.1 Å². The molecule has 0 spiro atoms. The molecule has 0 aliphatic carbocycles. The number of aromatic nitrogens is 3. The number of carbonyl (C=O) groups excluding carboxylic acids is 2. The van der Waals surface area contributed by atoms with Gasteiger partial charge in [0, 0.05) is 31.7 Å². The van der Waals surface area contributed by atoms with Gasteiger partial charge in [0.2, 0.25) is 0 Å². The lowest BCUT2D eigenvalue weighted by atomic mass is 10.1. The monoisotopic (exact) mass is 396 g/mol. The Kier molecular flexibility index (Phi) is 6.46. The molecule has 2 heterocycles. The molecule has 1 aromatic carbocycles. The Bertz CT molecular complexity index is 975. The molecule has 0 atom stereocenters. The second kappa shape index (κ2) is 9.20. The van der Waals surface area contributed by atoms with Crippen molar-refractivity contribution in [3.05, 3.63) is 70.8 Å². The van der Waals surface area contributed by atoms with Gasteiger partial charge in [0.25, 0.3) is 5.91 Å². The van der Waals surface area contributed by atoms with Gasteiger partial charge in [0.05, 0.1) is 17.9 Å². The maximum absolute atomic E-state index is 12.6. The third kappa shape index (κ3) is 4.72. The predicted octanol–water partition coefficient (Wildman–Crippen LogP) is 2.55. The van der Waals surface area contributed by atoms with Crippen LogP contribution in [0.25, 0.3) is 5.69 Å². The van der Waals surface area contributed by atoms with Crippen LogP contribution < -0.4 is 5.32 Å². The van der Waals surface area contributed by atoms with Gasteiger partial charge in [-0.25, -0.2) is 9.48 Å². The number of benzene rings is 1. The number of methoxy groups -OCH3 is 1. The molecule has 3 rings (SSSR count). The van der Waals surface area contributed by atoms with Crippen LogP contribution in [0.2, 0.25) is 0 Å². The van der Waals surface area contributed by atoms with Crippen molar-refractivity contribution in [2.24, 2.45) is 0 Å². The summed E-state index contributed by atoms with van der Waals surface area (Å²) in [5.41, 5.74) is 3.80. The quantitative estimate of drug-likeness (QED) is 0.450. The molecule has 3 aromatic rings. The van der Waals surface area contributed by atoms with E-state index < -0.39 is 5.97 Å². The maximum atomic E-state index is 12.6. The Labute approximate surface area is 168 Å². The first-order valence-corrected chi connectivity index (χ1v) is 9.23. The van der Waals surface area contributed by atoms with E-state index in [0.717, 1.165) is 11.3 Å². The number of esters is 1. The minimum absolute atomic E-state index is 0.162. The van der Waals surface area contributed by atoms with E-state index in [1.54, 1.807) is 24.7 Å². The van der Waals surface area contributed by atoms with Gasteiger partial charge < -0.3 is 19.8 Å². The second-order valence-corrected chi connectivity index (χ2v) is 6.55. The third-order valence-corrected chi connectivity index (χ3v) is 4.55. The number of aromatic amines is 1. The average molecular weight is 396 g/mol. The standard InChI is InChI=1S/C21H24N4O4/c1-14-18(21(27)29-12-11-28-3)15(2)24-19(14)20(26)22-13-16-5-7-17(8-6-16)25-10-4-9-23-25/h4-10,24H,11-13H2,1-3H3,(H,22,26). The number of aryl methyl sites for hydroxylation is 1. The molecule has 0 aliphatic heterocycles. The van der Waals surface area contributed by atoms with Crippen LogP contribution in [-0.2, 0) is 16.0 Å². The SMILES string of the molecule is COCCOC(=O)c1c(C)[nH]c(C(=O)NCc2ccc(-n3cccn3)cc2)c1C. The molecule has 0 saturated heterocycles. The van der Waals surface area contributed by atoms with Gasteiger partial charge in [-0.05, 0) is 43.2 Å². The first kappa shape index (κ1) is 20.3. The molecule has 8 nitrogen and oxygen atoms in total. The maximum Gasteiger partial charge on any atom is 0.340 e. The first-order chi connectivity index (χ1) is 14.0. The highest BCUT2D eigenvalue weighted by Gasteiger charge is 2.22. The molecule has 0 unspecified atom stereocenters. The number of carbonyl (C=O) groups is 2. The van der Waals surface area contributed by atoms with Crippen LogP contribution in [0.15, 0.2) is 42.7 Å². The average Bonchev–Trinajstić information content (AvgIpc) is 3.35. The number of nitrogens with zero attached hydrogens (tertiary/aromatic N) is 2. The summed E-state index contributed by atoms with van der Waals surface area (Å²) in [5.74, 6) is -0.751. The van der Waals surface area contributed by atoms with E-state index in [9.17, 15) is 9.59 Å². The van der Waals surface area contributed by atoms with Crippen molar-refractivity contribution in [2.45, 2.75) is 20.4 Å². The van der Waals surface area contributed by atoms with E-state index in [1.807, 2.05) is 36.5 Å². The van der Waals surface area contributed by atoms with Gasteiger partial charge in [-0.2, -0.15) is 5.10 Å². The van der Waals surface area contributed by atoms with Crippen molar-refractivity contribution < 1.29 is 19.1 Å². The highest BCUT2D eigenvalue weighted by atomic mass is 16.6. The Balaban J connectivity index is 1.63. The minimum atomic E-state index is -0.471. The molecule has 2 aromatic heterocycles. The Morgan fingerprint density at radius 1 is 1.17 bits per heavy atom. The summed E-state index contributed by atoms with van der Waals surface area (Å²) >= 11 is 0. The van der Waals surface area contributed by atoms with Gasteiger partial charge in [-0.3, -0.25) is 4.79 Å². The lowest BCUT2D eigenvalue weighted by Crippen LogP contribution is -2.24. The molecule has 152 valence electrons. The van der Waals surface area contributed by atoms with Crippen molar-refractivity contribution in [3.63, 3.8) is 0 Å². The van der Waals surface area contributed by atoms with Crippen LogP contribution in [0, 0.1) is 13.8 Å². The van der Waals surface area contributed by atoms with E-state index in [0.29, 0.717) is 35.7 Å². The summed E-state index contributed by atoms with van der Waals surface area (Å²) in [6.07, 6.45) is 3.58. The van der Waals surface area contributed by atoms with Gasteiger partial charge in [0.1, 0.15) is 12.3 Å². The largest absolute Gasteiger partial charge is 0.460 e. The summed E-state index contributed by atoms with van der Waals surface area (Å²) in [6.45, 7) is 4.31. The van der Waals surface area contributed by atoms with Gasteiger partial charge >= 0.3 is 5.97 Å². The molecular formula is C21H24N4O4. The molecule has 0 aliphatic rings. The lowest BCUT2D eigenvalue weighted by molar-refractivity contribution is 0.0387. The predicted molar refractivity (Wildman–Crippen MR) is 107 cm³/mol. The molecule has 0 saturated carbocycles. The number of hydrogen-bond acceptors (Lipinski definition) is 5. The number of nitrogens with one attached hydrogen (secondary N) is 2. The summed E-state index contributed by atoms with van der Waals surface area (Å²) in [7, 11) is 1.54. The smallest absolute Gasteiger partial charge is 0.340 e. The van der Waals surface area contributed by atoms with Crippen LogP contribution in [0.4, 0.5) is 0 Å². The molecule has 29 heavy (non-hydrogen) atoms. The normalized spacial score (nSPS) is 10.7. The van der Waals surface area contributed by atoms with Crippen molar-refractivity contribution in [3.8, 4) is 5.69 Å². The molecule has 0 radical (unpaired) electrons. The molecule has 2 N–H and O–H groups in total. The van der Waals surface area contributed by atoms with Crippen LogP contribution in [0.1, 0.15) is 37.7 Å². The first-order valence-electron chi connectivity index (χ1n) is 9.23. The zero-order valence-corrected chi connectivity index (χ0v) is 16.7. The Morgan fingerprint density at radius 3 is 2.59 bits per heavy atom. The fourth-order valence-corrected chi connectivity index (χ4v) is 3.03. The fourth-order valence-electron chi connectivity index (χ4n) is 3.03. The van der Waals surface area contributed by atoms with E-state index in [-0.39, 0.29) is 12.5 Å². The number of amides is 1. The van der Waals surface area contributed by atoms with Gasteiger partial charge in [-0.1, -0.05) is 12.1 Å². The minimum Gasteiger partial charge on any atom is -0.460 e. The van der Waals surface area contributed by atoms with Crippen LogP contribution >= 0.6 is 0 Å². The summed E-state index contributed by atoms with van der Waals surface area (Å²) in [4.78, 5) is 27.9. The van der Waals surface area contributed by atoms with Gasteiger partial charge in [0.15, 0.2) is 0 Å². The van der Waals surface area contributed by atoms with Crippen LogP contribution in [0.5, 0.6) is 0 Å². The molecule has 0 bridgehead atoms. The van der Waals surface area contributed by atoms with Gasteiger partial charge in [-0.15, -0.1) is 0 Å². The van der Waals surface area contributed by atoms with E-state index >= 15 is 0 Å². The summed E-state index contributed by atoms with van der Waals surface area (Å²) in [5, 5.41) is 7.06. The molecular weight excluding hydrogens is 372 g/mol. The highest BCUT2D eigenvalue weighted by Crippen LogP contribution is 2.19. The van der Waals surface area contributed by atoms with Crippen molar-refractivity contribution in [1.29, 1.82) is 0 Å². The van der Waals surface area contributed by atoms with Crippen LogP contribution in [0.3, 0.4) is 0 Å².